The summed E-state index contributed by atoms with van der Waals surface area (Å²) < 4.78 is 10.0. The van der Waals surface area contributed by atoms with E-state index in [0.717, 1.165) is 12.8 Å². The summed E-state index contributed by atoms with van der Waals surface area (Å²) in [5.41, 5.74) is 0.632. The maximum atomic E-state index is 12.8. The van der Waals surface area contributed by atoms with Gasteiger partial charge in [0.1, 0.15) is 5.60 Å². The average molecular weight is 381 g/mol. The number of ether oxygens (including phenoxy) is 2. The SMILES string of the molecule is COC(=O)c1csc(C(=O)[C@H]2CC[C@@H](NC(=O)OC(C)(C)C)CC2)c1C. The van der Waals surface area contributed by atoms with Gasteiger partial charge in [-0.25, -0.2) is 9.59 Å². The molecule has 1 aliphatic carbocycles. The largest absolute Gasteiger partial charge is 0.465 e. The molecule has 0 unspecified atom stereocenters. The molecule has 1 N–H and O–H groups in total. The molecule has 0 saturated heterocycles. The van der Waals surface area contributed by atoms with Crippen LogP contribution < -0.4 is 5.32 Å². The van der Waals surface area contributed by atoms with Gasteiger partial charge < -0.3 is 14.8 Å². The molecule has 1 fully saturated rings. The highest BCUT2D eigenvalue weighted by Gasteiger charge is 2.31. The molecule has 0 aliphatic heterocycles. The number of nitrogens with one attached hydrogen (secondary N) is 1. The number of carbonyl (C=O) groups excluding carboxylic acids is 3. The number of Topliss-reactive ketones (excluding diaryl/α,β-unsaturated/α-hetero) is 1. The maximum absolute atomic E-state index is 12.8. The zero-order chi connectivity index (χ0) is 19.5. The number of hydrogen-bond acceptors (Lipinski definition) is 6. The Morgan fingerprint density at radius 2 is 1.77 bits per heavy atom. The third kappa shape index (κ3) is 5.06. The number of methoxy groups -OCH3 is 1. The summed E-state index contributed by atoms with van der Waals surface area (Å²) in [6, 6.07) is 0.0314. The van der Waals surface area contributed by atoms with Gasteiger partial charge in [-0.1, -0.05) is 0 Å². The van der Waals surface area contributed by atoms with Crippen LogP contribution in [0.2, 0.25) is 0 Å². The van der Waals surface area contributed by atoms with E-state index in [1.54, 1.807) is 12.3 Å². The van der Waals surface area contributed by atoms with Crippen LogP contribution in [-0.4, -0.2) is 36.6 Å². The second-order valence-electron chi connectivity index (χ2n) is 7.65. The minimum Gasteiger partial charge on any atom is -0.465 e. The molecule has 6 nitrogen and oxygen atoms in total. The van der Waals surface area contributed by atoms with E-state index >= 15 is 0 Å². The molecule has 0 radical (unpaired) electrons. The summed E-state index contributed by atoms with van der Waals surface area (Å²) in [5.74, 6) is -0.407. The van der Waals surface area contributed by atoms with Crippen molar-refractivity contribution < 1.29 is 23.9 Å². The van der Waals surface area contributed by atoms with E-state index in [9.17, 15) is 14.4 Å². The van der Waals surface area contributed by atoms with Crippen LogP contribution in [0.1, 0.15) is 72.0 Å². The Morgan fingerprint density at radius 1 is 1.15 bits per heavy atom. The van der Waals surface area contributed by atoms with Crippen molar-refractivity contribution in [1.82, 2.24) is 5.32 Å². The topological polar surface area (TPSA) is 81.7 Å². The van der Waals surface area contributed by atoms with Gasteiger partial charge in [-0.2, -0.15) is 0 Å². The summed E-state index contributed by atoms with van der Waals surface area (Å²) in [7, 11) is 1.33. The van der Waals surface area contributed by atoms with Crippen molar-refractivity contribution in [3.8, 4) is 0 Å². The van der Waals surface area contributed by atoms with E-state index in [1.165, 1.54) is 18.4 Å². The zero-order valence-corrected chi connectivity index (χ0v) is 16.8. The fraction of sp³-hybridized carbons (Fsp3) is 0.632. The molecule has 0 aromatic carbocycles. The summed E-state index contributed by atoms with van der Waals surface area (Å²) in [6.45, 7) is 7.27. The van der Waals surface area contributed by atoms with Crippen molar-refractivity contribution in [2.45, 2.75) is 65.0 Å². The van der Waals surface area contributed by atoms with E-state index < -0.39 is 17.7 Å². The molecule has 1 aliphatic rings. The minimum absolute atomic E-state index is 0.0314. The van der Waals surface area contributed by atoms with Crippen molar-refractivity contribution in [3.05, 3.63) is 21.4 Å². The highest BCUT2D eigenvalue weighted by Crippen LogP contribution is 2.32. The highest BCUT2D eigenvalue weighted by atomic mass is 32.1. The normalized spacial score (nSPS) is 20.3. The Kier molecular flexibility index (Phi) is 6.44. The molecule has 0 atom stereocenters. The molecule has 0 spiro atoms. The molecule has 1 saturated carbocycles. The van der Waals surface area contributed by atoms with Crippen LogP contribution in [-0.2, 0) is 9.47 Å². The molecule has 0 bridgehead atoms. The summed E-state index contributed by atoms with van der Waals surface area (Å²) in [5, 5.41) is 4.57. The van der Waals surface area contributed by atoms with Crippen LogP contribution in [0.3, 0.4) is 0 Å². The first kappa shape index (κ1) is 20.4. The number of ketones is 1. The molecule has 1 aromatic rings. The third-order valence-corrected chi connectivity index (χ3v) is 5.58. The van der Waals surface area contributed by atoms with Crippen LogP contribution in [0.15, 0.2) is 5.38 Å². The molecular formula is C19H27NO5S. The first-order valence-corrected chi connectivity index (χ1v) is 9.70. The van der Waals surface area contributed by atoms with Crippen molar-refractivity contribution in [2.24, 2.45) is 5.92 Å². The van der Waals surface area contributed by atoms with Gasteiger partial charge in [-0.15, -0.1) is 11.3 Å². The summed E-state index contributed by atoms with van der Waals surface area (Å²) in [6.07, 6.45) is 2.49. The summed E-state index contributed by atoms with van der Waals surface area (Å²) >= 11 is 1.30. The van der Waals surface area contributed by atoms with Gasteiger partial charge in [0.05, 0.1) is 17.6 Å². The van der Waals surface area contributed by atoms with Crippen LogP contribution in [0.4, 0.5) is 4.79 Å². The molecule has 1 aromatic heterocycles. The lowest BCUT2D eigenvalue weighted by Gasteiger charge is -2.29. The fourth-order valence-corrected chi connectivity index (χ4v) is 4.21. The van der Waals surface area contributed by atoms with E-state index in [4.69, 9.17) is 9.47 Å². The Bertz CT molecular complexity index is 681. The smallest absolute Gasteiger partial charge is 0.407 e. The molecular weight excluding hydrogens is 354 g/mol. The van der Waals surface area contributed by atoms with Crippen LogP contribution in [0.25, 0.3) is 0 Å². The van der Waals surface area contributed by atoms with Crippen LogP contribution >= 0.6 is 11.3 Å². The molecule has 144 valence electrons. The van der Waals surface area contributed by atoms with Crippen molar-refractivity contribution in [2.75, 3.05) is 7.11 Å². The number of esters is 1. The zero-order valence-electron chi connectivity index (χ0n) is 16.0. The van der Waals surface area contributed by atoms with E-state index in [-0.39, 0.29) is 17.7 Å². The summed E-state index contributed by atoms with van der Waals surface area (Å²) in [4.78, 5) is 37.0. The first-order valence-electron chi connectivity index (χ1n) is 8.82. The minimum atomic E-state index is -0.523. The fourth-order valence-electron chi connectivity index (χ4n) is 3.13. The standard InChI is InChI=1S/C19H27NO5S/c1-11-14(17(22)24-5)10-26-16(11)15(21)12-6-8-13(9-7-12)20-18(23)25-19(2,3)4/h10,12-13H,6-9H2,1-5H3,(H,20,23)/t12-,13+. The van der Waals surface area contributed by atoms with Gasteiger partial charge in [0, 0.05) is 17.3 Å². The van der Waals surface area contributed by atoms with Gasteiger partial charge >= 0.3 is 12.1 Å². The number of alkyl carbamates (subject to hydrolysis) is 1. The number of rotatable bonds is 4. The predicted octanol–water partition coefficient (Wildman–Crippen LogP) is 4.11. The lowest BCUT2D eigenvalue weighted by molar-refractivity contribution is 0.0486. The van der Waals surface area contributed by atoms with Gasteiger partial charge in [-0.05, 0) is 58.9 Å². The average Bonchev–Trinajstić information content (AvgIpc) is 2.94. The van der Waals surface area contributed by atoms with Crippen LogP contribution in [0, 0.1) is 12.8 Å². The molecule has 7 heteroatoms. The third-order valence-electron chi connectivity index (χ3n) is 4.49. The molecule has 1 amide bonds. The first-order chi connectivity index (χ1) is 12.1. The lowest BCUT2D eigenvalue weighted by Crippen LogP contribution is -2.41. The van der Waals surface area contributed by atoms with Gasteiger partial charge in [0.15, 0.2) is 5.78 Å². The maximum Gasteiger partial charge on any atom is 0.407 e. The quantitative estimate of drug-likeness (QED) is 0.627. The predicted molar refractivity (Wildman–Crippen MR) is 99.8 cm³/mol. The van der Waals surface area contributed by atoms with Crippen molar-refractivity contribution in [3.63, 3.8) is 0 Å². The van der Waals surface area contributed by atoms with Crippen molar-refractivity contribution in [1.29, 1.82) is 0 Å². The van der Waals surface area contributed by atoms with Gasteiger partial charge in [0.2, 0.25) is 0 Å². The second-order valence-corrected chi connectivity index (χ2v) is 8.53. The van der Waals surface area contributed by atoms with Crippen molar-refractivity contribution >= 4 is 29.2 Å². The monoisotopic (exact) mass is 381 g/mol. The van der Waals surface area contributed by atoms with Gasteiger partial charge in [-0.3, -0.25) is 4.79 Å². The molecule has 26 heavy (non-hydrogen) atoms. The van der Waals surface area contributed by atoms with Gasteiger partial charge in [0.25, 0.3) is 0 Å². The Labute approximate surface area is 158 Å². The molecule has 2 rings (SSSR count). The molecule has 1 heterocycles. The number of hydrogen-bond donors (Lipinski definition) is 1. The number of amides is 1. The highest BCUT2D eigenvalue weighted by molar-refractivity contribution is 7.12. The Balaban J connectivity index is 1.92. The number of carbonyl (C=O) groups is 3. The Hall–Kier alpha value is -1.89. The van der Waals surface area contributed by atoms with E-state index in [0.29, 0.717) is 28.8 Å². The van der Waals surface area contributed by atoms with E-state index in [2.05, 4.69) is 5.32 Å². The second kappa shape index (κ2) is 8.20. The Morgan fingerprint density at radius 3 is 2.31 bits per heavy atom. The van der Waals surface area contributed by atoms with Crippen LogP contribution in [0.5, 0.6) is 0 Å². The lowest BCUT2D eigenvalue weighted by atomic mass is 9.82. The van der Waals surface area contributed by atoms with E-state index in [1.807, 2.05) is 20.8 Å². The number of thiophene rings is 1.